The molecular formula is C16H26ClN3. The molecule has 0 saturated carbocycles. The molecule has 1 N–H and O–H groups in total. The molecule has 3 nitrogen and oxygen atoms in total. The van der Waals surface area contributed by atoms with Gasteiger partial charge in [-0.05, 0) is 44.7 Å². The average molecular weight is 296 g/mol. The van der Waals surface area contributed by atoms with Gasteiger partial charge in [-0.15, -0.1) is 0 Å². The van der Waals surface area contributed by atoms with Crippen LogP contribution in [0.5, 0.6) is 0 Å². The van der Waals surface area contributed by atoms with Crippen molar-refractivity contribution in [3.63, 3.8) is 0 Å². The van der Waals surface area contributed by atoms with Crippen LogP contribution in [0.25, 0.3) is 0 Å². The van der Waals surface area contributed by atoms with Gasteiger partial charge in [0.05, 0.1) is 5.02 Å². The molecule has 0 spiro atoms. The van der Waals surface area contributed by atoms with E-state index in [0.717, 1.165) is 42.0 Å². The molecule has 0 aromatic carbocycles. The van der Waals surface area contributed by atoms with Crippen LogP contribution in [0, 0.1) is 5.92 Å². The molecule has 1 saturated heterocycles. The molecule has 1 aliphatic rings. The van der Waals surface area contributed by atoms with Gasteiger partial charge in [-0.1, -0.05) is 24.9 Å². The Morgan fingerprint density at radius 1 is 1.45 bits per heavy atom. The molecule has 2 rings (SSSR count). The van der Waals surface area contributed by atoms with Crippen molar-refractivity contribution in [3.05, 3.63) is 22.8 Å². The molecule has 1 aromatic rings. The van der Waals surface area contributed by atoms with E-state index in [-0.39, 0.29) is 5.54 Å². The van der Waals surface area contributed by atoms with Crippen LogP contribution in [-0.4, -0.2) is 23.6 Å². The lowest BCUT2D eigenvalue weighted by molar-refractivity contribution is 0.424. The third-order valence-electron chi connectivity index (χ3n) is 3.92. The molecule has 1 aromatic heterocycles. The zero-order valence-corrected chi connectivity index (χ0v) is 13.8. The second kappa shape index (κ2) is 6.31. The van der Waals surface area contributed by atoms with Gasteiger partial charge in [0.15, 0.2) is 0 Å². The van der Waals surface area contributed by atoms with Crippen molar-refractivity contribution >= 4 is 17.4 Å². The highest BCUT2D eigenvalue weighted by Crippen LogP contribution is 2.27. The van der Waals surface area contributed by atoms with Gasteiger partial charge in [-0.3, -0.25) is 0 Å². The van der Waals surface area contributed by atoms with E-state index in [0.29, 0.717) is 0 Å². The Kier molecular flexibility index (Phi) is 4.92. The zero-order valence-electron chi connectivity index (χ0n) is 13.0. The van der Waals surface area contributed by atoms with Crippen molar-refractivity contribution in [2.75, 3.05) is 18.0 Å². The Bertz CT molecular complexity index is 454. The summed E-state index contributed by atoms with van der Waals surface area (Å²) >= 11 is 6.27. The average Bonchev–Trinajstić information content (AvgIpc) is 2.85. The van der Waals surface area contributed by atoms with Crippen LogP contribution in [0.15, 0.2) is 12.3 Å². The van der Waals surface area contributed by atoms with Crippen molar-refractivity contribution in [3.8, 4) is 0 Å². The minimum absolute atomic E-state index is 0.0910. The molecule has 112 valence electrons. The van der Waals surface area contributed by atoms with E-state index >= 15 is 0 Å². The standard InChI is InChI=1S/C16H26ClN3/c1-5-12-6-7-20(11-12)15-8-13(14(17)10-18-15)9-19-16(2,3)4/h8,10,12,19H,5-7,9,11H2,1-4H3. The maximum absolute atomic E-state index is 6.27. The van der Waals surface area contributed by atoms with Gasteiger partial charge in [0.1, 0.15) is 5.82 Å². The molecule has 1 atom stereocenters. The van der Waals surface area contributed by atoms with Crippen LogP contribution in [-0.2, 0) is 6.54 Å². The molecule has 2 heterocycles. The van der Waals surface area contributed by atoms with Crippen LogP contribution >= 0.6 is 11.6 Å². The Morgan fingerprint density at radius 2 is 2.20 bits per heavy atom. The monoisotopic (exact) mass is 295 g/mol. The number of rotatable bonds is 4. The fraction of sp³-hybridized carbons (Fsp3) is 0.688. The van der Waals surface area contributed by atoms with Crippen molar-refractivity contribution in [1.29, 1.82) is 0 Å². The number of pyridine rings is 1. The molecule has 1 unspecified atom stereocenters. The van der Waals surface area contributed by atoms with Crippen molar-refractivity contribution < 1.29 is 0 Å². The quantitative estimate of drug-likeness (QED) is 0.914. The summed E-state index contributed by atoms with van der Waals surface area (Å²) < 4.78 is 0. The number of anilines is 1. The van der Waals surface area contributed by atoms with Crippen molar-refractivity contribution in [1.82, 2.24) is 10.3 Å². The molecule has 0 bridgehead atoms. The molecule has 1 fully saturated rings. The summed E-state index contributed by atoms with van der Waals surface area (Å²) in [5, 5.41) is 4.23. The maximum Gasteiger partial charge on any atom is 0.128 e. The first-order chi connectivity index (χ1) is 9.39. The fourth-order valence-corrected chi connectivity index (χ4v) is 2.68. The highest BCUT2D eigenvalue weighted by molar-refractivity contribution is 6.31. The minimum atomic E-state index is 0.0910. The van der Waals surface area contributed by atoms with Gasteiger partial charge in [0.2, 0.25) is 0 Å². The van der Waals surface area contributed by atoms with Gasteiger partial charge < -0.3 is 10.2 Å². The van der Waals surface area contributed by atoms with E-state index in [9.17, 15) is 0 Å². The van der Waals surface area contributed by atoms with Crippen molar-refractivity contribution in [2.24, 2.45) is 5.92 Å². The molecule has 4 heteroatoms. The third kappa shape index (κ3) is 4.10. The number of halogens is 1. The molecule has 0 amide bonds. The molecule has 20 heavy (non-hydrogen) atoms. The minimum Gasteiger partial charge on any atom is -0.356 e. The summed E-state index contributed by atoms with van der Waals surface area (Å²) in [7, 11) is 0. The summed E-state index contributed by atoms with van der Waals surface area (Å²) in [6.45, 7) is 11.8. The van der Waals surface area contributed by atoms with E-state index in [1.165, 1.54) is 12.8 Å². The summed E-state index contributed by atoms with van der Waals surface area (Å²) in [5.41, 5.74) is 1.22. The summed E-state index contributed by atoms with van der Waals surface area (Å²) in [4.78, 5) is 6.88. The first kappa shape index (κ1) is 15.6. The Balaban J connectivity index is 2.08. The van der Waals surface area contributed by atoms with Crippen LogP contribution in [0.3, 0.4) is 0 Å². The number of nitrogens with one attached hydrogen (secondary N) is 1. The summed E-state index contributed by atoms with van der Waals surface area (Å²) in [6, 6.07) is 2.14. The second-order valence-corrected chi connectivity index (χ2v) is 7.15. The first-order valence-electron chi connectivity index (χ1n) is 7.53. The lowest BCUT2D eigenvalue weighted by atomic mass is 10.1. The van der Waals surface area contributed by atoms with Crippen LogP contribution in [0.1, 0.15) is 46.1 Å². The van der Waals surface area contributed by atoms with Crippen molar-refractivity contribution in [2.45, 2.75) is 52.6 Å². The van der Waals surface area contributed by atoms with E-state index in [1.807, 2.05) is 0 Å². The highest BCUT2D eigenvalue weighted by atomic mass is 35.5. The van der Waals surface area contributed by atoms with Crippen LogP contribution < -0.4 is 10.2 Å². The summed E-state index contributed by atoms with van der Waals surface area (Å²) in [5.74, 6) is 1.87. The van der Waals surface area contributed by atoms with Gasteiger partial charge in [0, 0.05) is 31.4 Å². The molecule has 0 aliphatic carbocycles. The lowest BCUT2D eigenvalue weighted by Gasteiger charge is -2.22. The predicted molar refractivity (Wildman–Crippen MR) is 86.5 cm³/mol. The molecule has 0 radical (unpaired) electrons. The van der Waals surface area contributed by atoms with E-state index in [2.05, 4.69) is 49.0 Å². The van der Waals surface area contributed by atoms with E-state index < -0.39 is 0 Å². The lowest BCUT2D eigenvalue weighted by Crippen LogP contribution is -2.35. The first-order valence-corrected chi connectivity index (χ1v) is 7.91. The fourth-order valence-electron chi connectivity index (χ4n) is 2.51. The Labute approximate surface area is 127 Å². The second-order valence-electron chi connectivity index (χ2n) is 6.75. The normalized spacial score (nSPS) is 19.6. The zero-order chi connectivity index (χ0) is 14.8. The van der Waals surface area contributed by atoms with Gasteiger partial charge >= 0.3 is 0 Å². The van der Waals surface area contributed by atoms with E-state index in [1.54, 1.807) is 6.20 Å². The highest BCUT2D eigenvalue weighted by Gasteiger charge is 2.22. The Morgan fingerprint density at radius 3 is 2.80 bits per heavy atom. The van der Waals surface area contributed by atoms with Crippen LogP contribution in [0.2, 0.25) is 5.02 Å². The smallest absolute Gasteiger partial charge is 0.128 e. The van der Waals surface area contributed by atoms with Gasteiger partial charge in [-0.2, -0.15) is 0 Å². The van der Waals surface area contributed by atoms with E-state index in [4.69, 9.17) is 11.6 Å². The summed E-state index contributed by atoms with van der Waals surface area (Å²) in [6.07, 6.45) is 4.31. The number of hydrogen-bond acceptors (Lipinski definition) is 3. The molecular weight excluding hydrogens is 270 g/mol. The third-order valence-corrected chi connectivity index (χ3v) is 4.26. The van der Waals surface area contributed by atoms with Gasteiger partial charge in [-0.25, -0.2) is 4.98 Å². The molecule has 1 aliphatic heterocycles. The van der Waals surface area contributed by atoms with Gasteiger partial charge in [0.25, 0.3) is 0 Å². The number of nitrogens with zero attached hydrogens (tertiary/aromatic N) is 2. The maximum atomic E-state index is 6.27. The predicted octanol–water partition coefficient (Wildman–Crippen LogP) is 3.86. The number of hydrogen-bond donors (Lipinski definition) is 1. The number of aromatic nitrogens is 1. The topological polar surface area (TPSA) is 28.2 Å². The largest absolute Gasteiger partial charge is 0.356 e. The Hall–Kier alpha value is -0.800. The SMILES string of the molecule is CCC1CCN(c2cc(CNC(C)(C)C)c(Cl)cn2)C1. The van der Waals surface area contributed by atoms with Crippen LogP contribution in [0.4, 0.5) is 5.82 Å².